The van der Waals surface area contributed by atoms with E-state index < -0.39 is 63.7 Å². The molecule has 0 unspecified atom stereocenters. The van der Waals surface area contributed by atoms with E-state index in [1.54, 1.807) is 91.1 Å². The number of nitrogens with zero attached hydrogens (tertiary/aromatic N) is 7. The maximum absolute atomic E-state index is 16.0. The summed E-state index contributed by atoms with van der Waals surface area (Å²) in [5, 5.41) is 5.01. The van der Waals surface area contributed by atoms with Crippen LogP contribution in [0.5, 0.6) is 23.0 Å². The normalized spacial score (nSPS) is 20.5. The number of piperazine rings is 1. The van der Waals surface area contributed by atoms with Crippen LogP contribution in [0.2, 0.25) is 0 Å². The number of aryl methyl sites for hydroxylation is 1. The molecule has 0 bridgehead atoms. The summed E-state index contributed by atoms with van der Waals surface area (Å²) in [6, 6.07) is 17.3. The molecule has 5 heterocycles. The fourth-order valence-corrected chi connectivity index (χ4v) is 11.4. The van der Waals surface area contributed by atoms with Gasteiger partial charge in [-0.1, -0.05) is 18.2 Å². The number of hydrogen-bond donors (Lipinski definition) is 0. The lowest BCUT2D eigenvalue weighted by atomic mass is 9.91. The lowest BCUT2D eigenvalue weighted by Gasteiger charge is -2.46. The number of halogens is 3. The summed E-state index contributed by atoms with van der Waals surface area (Å²) < 4.78 is 91.6. The molecule has 0 aliphatic carbocycles. The number of aromatic nitrogens is 2. The average molecular weight is 1000 g/mol. The smallest absolute Gasteiger partial charge is 0.275 e. The van der Waals surface area contributed by atoms with Crippen molar-refractivity contribution in [1.29, 1.82) is 0 Å². The molecule has 4 aliphatic heterocycles. The Bertz CT molecular complexity index is 3020. The first-order chi connectivity index (χ1) is 33.9. The summed E-state index contributed by atoms with van der Waals surface area (Å²) >= 11 is 0. The number of anilines is 1. The number of carbonyl (C=O) groups is 4. The van der Waals surface area contributed by atoms with Crippen LogP contribution in [-0.2, 0) is 33.0 Å². The molecule has 1 aromatic heterocycles. The molecule has 3 saturated heterocycles. The van der Waals surface area contributed by atoms with E-state index >= 15 is 13.2 Å². The summed E-state index contributed by atoms with van der Waals surface area (Å²) in [7, 11) is -0.522. The molecule has 16 nitrogen and oxygen atoms in total. The average Bonchev–Trinajstić information content (AvgIpc) is 3.78. The first-order valence-electron chi connectivity index (χ1n) is 23.7. The van der Waals surface area contributed by atoms with Gasteiger partial charge in [-0.05, 0) is 86.3 Å². The summed E-state index contributed by atoms with van der Waals surface area (Å²) in [4.78, 5) is 61.0. The number of likely N-dealkylation sites (N-methyl/N-ethyl adjacent to an activating group) is 1. The first-order valence-corrected chi connectivity index (χ1v) is 25.8. The Morgan fingerprint density at radius 3 is 2.25 bits per heavy atom. The summed E-state index contributed by atoms with van der Waals surface area (Å²) in [5.74, 6) is -5.61. The van der Waals surface area contributed by atoms with Crippen molar-refractivity contribution in [3.05, 3.63) is 107 Å². The summed E-state index contributed by atoms with van der Waals surface area (Å²) in [5.41, 5.74) is 3.07. The molecule has 20 heteroatoms. The van der Waals surface area contributed by atoms with Crippen molar-refractivity contribution in [2.75, 3.05) is 76.4 Å². The van der Waals surface area contributed by atoms with Gasteiger partial charge >= 0.3 is 0 Å². The minimum Gasteiger partial charge on any atom is -0.493 e. The third-order valence-corrected chi connectivity index (χ3v) is 14.9. The van der Waals surface area contributed by atoms with Crippen LogP contribution < -0.4 is 19.1 Å². The van der Waals surface area contributed by atoms with Gasteiger partial charge in [0.05, 0.1) is 66.4 Å². The van der Waals surface area contributed by atoms with Crippen LogP contribution in [-0.4, -0.2) is 145 Å². The van der Waals surface area contributed by atoms with Crippen molar-refractivity contribution >= 4 is 50.1 Å². The number of rotatable bonds is 15. The fraction of sp³-hybridized carbons (Fsp3) is 0.431. The molecule has 4 aromatic carbocycles. The Morgan fingerprint density at radius 1 is 0.845 bits per heavy atom. The third kappa shape index (κ3) is 9.80. The van der Waals surface area contributed by atoms with E-state index in [-0.39, 0.29) is 54.6 Å². The second-order valence-corrected chi connectivity index (χ2v) is 20.8. The Morgan fingerprint density at radius 2 is 1.58 bits per heavy atom. The number of hydrogen-bond acceptors (Lipinski definition) is 13. The van der Waals surface area contributed by atoms with Gasteiger partial charge in [-0.2, -0.15) is 5.10 Å². The zero-order valence-electron chi connectivity index (χ0n) is 40.2. The number of sulfone groups is 1. The van der Waals surface area contributed by atoms with E-state index in [2.05, 4.69) is 5.10 Å². The highest BCUT2D eigenvalue weighted by Gasteiger charge is 2.48. The van der Waals surface area contributed by atoms with Gasteiger partial charge in [0, 0.05) is 82.7 Å². The van der Waals surface area contributed by atoms with E-state index in [4.69, 9.17) is 14.2 Å². The number of amides is 4. The van der Waals surface area contributed by atoms with E-state index in [1.165, 1.54) is 24.1 Å². The third-order valence-electron chi connectivity index (χ3n) is 14.0. The number of likely N-dealkylation sites (tertiary alicyclic amines) is 2. The molecule has 71 heavy (non-hydrogen) atoms. The van der Waals surface area contributed by atoms with Gasteiger partial charge in [0.25, 0.3) is 17.7 Å². The van der Waals surface area contributed by atoms with Crippen molar-refractivity contribution in [2.24, 2.45) is 7.05 Å². The predicted octanol–water partition coefficient (Wildman–Crippen LogP) is 6.58. The number of ether oxygens (including phenoxy) is 3. The van der Waals surface area contributed by atoms with E-state index in [9.17, 15) is 27.6 Å². The lowest BCUT2D eigenvalue weighted by molar-refractivity contribution is -0.149. The van der Waals surface area contributed by atoms with Crippen LogP contribution in [0, 0.1) is 5.82 Å². The molecule has 0 N–H and O–H groups in total. The molecule has 0 radical (unpaired) electrons. The van der Waals surface area contributed by atoms with E-state index in [0.717, 1.165) is 16.7 Å². The largest absolute Gasteiger partial charge is 0.493 e. The Balaban J connectivity index is 0.802. The summed E-state index contributed by atoms with van der Waals surface area (Å²) in [6.45, 7) is 5.86. The number of methoxy groups -OCH3 is 1. The number of carbonyl (C=O) groups excluding carboxylic acids is 4. The SMILES string of the molecule is CCOc1cc([C@@H](CS(C)(=O)=O)N2C(=O)c3ccc(N4CCN([C@@H]5CCN(Cc6ccc(Oc7cc8c(cc7F)c([C@@H]7CCC(=O)N(CC)C7=O)nn8C)cc6)CC5(F)F)CC4)cc3C2=O)ccc1OC. The van der Waals surface area contributed by atoms with E-state index in [1.807, 2.05) is 9.80 Å². The molecule has 3 atom stereocenters. The topological polar surface area (TPSA) is 164 Å². The maximum atomic E-state index is 16.0. The first kappa shape index (κ1) is 49.5. The monoisotopic (exact) mass is 999 g/mol. The van der Waals surface area contributed by atoms with Gasteiger partial charge in [-0.3, -0.25) is 43.5 Å². The Hall–Kier alpha value is -6.51. The van der Waals surface area contributed by atoms with E-state index in [0.29, 0.717) is 90.8 Å². The molecule has 5 aromatic rings. The molecule has 3 fully saturated rings. The van der Waals surface area contributed by atoms with Gasteiger partial charge < -0.3 is 19.1 Å². The summed E-state index contributed by atoms with van der Waals surface area (Å²) in [6.07, 6.45) is 1.78. The van der Waals surface area contributed by atoms with Crippen molar-refractivity contribution in [1.82, 2.24) is 29.4 Å². The standard InChI is InChI=1S/C51H56F3N7O9S/c1-6-60-46(62)17-15-36(48(60)63)47-38-26-39(52)43(27-40(38)56(3)55-47)70-34-12-8-31(9-13-34)28-57-19-18-45(51(53,54)30-57)59-22-20-58(21-23-59)33-11-14-35-37(25-33)50(65)61(49(35)64)41(29-71(5,66)67)32-10-16-42(68-4)44(24-32)69-7-2/h8-14,16,24-27,36,41,45H,6-7,15,17-23,28-30H2,1-5H3/t36-,41+,45+/m0/s1. The zero-order valence-corrected chi connectivity index (χ0v) is 41.0. The van der Waals surface area contributed by atoms with Crippen LogP contribution >= 0.6 is 0 Å². The lowest BCUT2D eigenvalue weighted by Crippen LogP contribution is -2.61. The minimum absolute atomic E-state index is 0.0477. The number of piperidine rings is 2. The number of imide groups is 2. The predicted molar refractivity (Wildman–Crippen MR) is 258 cm³/mol. The van der Waals surface area contributed by atoms with Crippen LogP contribution in [0.4, 0.5) is 18.9 Å². The van der Waals surface area contributed by atoms with Crippen LogP contribution in [0.1, 0.15) is 82.6 Å². The molecule has 9 rings (SSSR count). The Kier molecular flexibility index (Phi) is 13.7. The van der Waals surface area contributed by atoms with Gasteiger partial charge in [-0.15, -0.1) is 0 Å². The van der Waals surface area contributed by atoms with Crippen LogP contribution in [0.15, 0.2) is 72.8 Å². The van der Waals surface area contributed by atoms with Gasteiger partial charge in [0.1, 0.15) is 15.6 Å². The highest BCUT2D eigenvalue weighted by molar-refractivity contribution is 7.90. The molecule has 0 spiro atoms. The second-order valence-electron chi connectivity index (χ2n) is 18.6. The van der Waals surface area contributed by atoms with Gasteiger partial charge in [0.2, 0.25) is 11.8 Å². The number of alkyl halides is 2. The second kappa shape index (κ2) is 19.6. The fourth-order valence-electron chi connectivity index (χ4n) is 10.5. The van der Waals surface area contributed by atoms with Crippen molar-refractivity contribution in [2.45, 2.75) is 63.6 Å². The highest BCUT2D eigenvalue weighted by atomic mass is 32.2. The van der Waals surface area contributed by atoms with Crippen molar-refractivity contribution < 1.29 is 55.0 Å². The highest BCUT2D eigenvalue weighted by Crippen LogP contribution is 2.40. The molecule has 0 saturated carbocycles. The van der Waals surface area contributed by atoms with Crippen molar-refractivity contribution in [3.63, 3.8) is 0 Å². The molecular formula is C51H56F3N7O9S. The quantitative estimate of drug-likeness (QED) is 0.104. The molecular weight excluding hydrogens is 944 g/mol. The zero-order chi connectivity index (χ0) is 50.5. The molecule has 376 valence electrons. The van der Waals surface area contributed by atoms with Crippen LogP contribution in [0.25, 0.3) is 10.9 Å². The molecule has 4 aliphatic rings. The number of benzene rings is 4. The Labute approximate surface area is 409 Å². The maximum Gasteiger partial charge on any atom is 0.275 e. The molecule has 4 amide bonds. The minimum atomic E-state index is -3.69. The van der Waals surface area contributed by atoms with Gasteiger partial charge in [-0.25, -0.2) is 21.6 Å². The van der Waals surface area contributed by atoms with Gasteiger partial charge in [0.15, 0.2) is 23.1 Å². The van der Waals surface area contributed by atoms with Crippen LogP contribution in [0.3, 0.4) is 0 Å². The van der Waals surface area contributed by atoms with Crippen molar-refractivity contribution in [3.8, 4) is 23.0 Å². The number of fused-ring (bicyclic) bond motifs is 2.